The van der Waals surface area contributed by atoms with Crippen LogP contribution in [0, 0.1) is 0 Å². The smallest absolute Gasteiger partial charge is 0.426 e. The second-order valence-corrected chi connectivity index (χ2v) is 11.3. The summed E-state index contributed by atoms with van der Waals surface area (Å²) >= 11 is 0. The van der Waals surface area contributed by atoms with Crippen molar-refractivity contribution in [3.05, 3.63) is 23.3 Å². The maximum atomic E-state index is 13.2. The lowest BCUT2D eigenvalue weighted by Gasteiger charge is -2.20. The lowest BCUT2D eigenvalue weighted by molar-refractivity contribution is -0.119. The summed E-state index contributed by atoms with van der Waals surface area (Å²) in [6.45, 7) is 11.4. The minimum absolute atomic E-state index is 0.0110. The fraction of sp³-hybridized carbons (Fsp3) is 0.677. The van der Waals surface area contributed by atoms with Crippen molar-refractivity contribution in [3.63, 3.8) is 0 Å². The van der Waals surface area contributed by atoms with Crippen LogP contribution in [0.25, 0.3) is 0 Å². The first-order chi connectivity index (χ1) is 20.0. The van der Waals surface area contributed by atoms with Gasteiger partial charge in [0.15, 0.2) is 0 Å². The summed E-state index contributed by atoms with van der Waals surface area (Å²) in [6.07, 6.45) is 12.0. The quantitative estimate of drug-likeness (QED) is 0.119. The molecule has 4 amide bonds. The fourth-order valence-corrected chi connectivity index (χ4v) is 3.97. The molecule has 0 saturated heterocycles. The molecule has 0 aliphatic rings. The molecule has 1 aromatic carbocycles. The molecule has 0 spiro atoms. The van der Waals surface area contributed by atoms with Gasteiger partial charge in [-0.3, -0.25) is 30.7 Å². The molecule has 11 heteroatoms. The SMILES string of the molecule is CCCCCCCCOc1cc(OCCCCCCCC)c(C(=O)NNC(=O)OC(C)(C)C)cc1C(=O)NNC(C)=O. The molecule has 0 atom stereocenters. The minimum atomic E-state index is -0.840. The van der Waals surface area contributed by atoms with E-state index in [-0.39, 0.29) is 22.6 Å². The monoisotopic (exact) mass is 592 g/mol. The van der Waals surface area contributed by atoms with Crippen LogP contribution in [0.15, 0.2) is 12.1 Å². The zero-order valence-electron chi connectivity index (χ0n) is 26.4. The first-order valence-corrected chi connectivity index (χ1v) is 15.3. The van der Waals surface area contributed by atoms with Gasteiger partial charge in [-0.25, -0.2) is 10.2 Å². The molecule has 238 valence electrons. The van der Waals surface area contributed by atoms with E-state index in [9.17, 15) is 19.2 Å². The Morgan fingerprint density at radius 3 is 1.48 bits per heavy atom. The lowest BCUT2D eigenvalue weighted by atomic mass is 10.1. The number of amides is 4. The van der Waals surface area contributed by atoms with Crippen LogP contribution in [0.4, 0.5) is 4.79 Å². The topological polar surface area (TPSA) is 144 Å². The summed E-state index contributed by atoms with van der Waals surface area (Å²) in [6, 6.07) is 2.84. The number of carbonyl (C=O) groups excluding carboxylic acids is 4. The molecular formula is C31H52N4O7. The number of carbonyl (C=O) groups is 4. The summed E-state index contributed by atoms with van der Waals surface area (Å²) in [5.41, 5.74) is 8.39. The van der Waals surface area contributed by atoms with Crippen LogP contribution in [0.1, 0.15) is 139 Å². The third-order valence-corrected chi connectivity index (χ3v) is 6.11. The number of unbranched alkanes of at least 4 members (excludes halogenated alkanes) is 10. The van der Waals surface area contributed by atoms with Gasteiger partial charge in [0.25, 0.3) is 11.8 Å². The molecule has 0 unspecified atom stereocenters. The molecule has 0 aromatic heterocycles. The minimum Gasteiger partial charge on any atom is -0.493 e. The largest absolute Gasteiger partial charge is 0.493 e. The van der Waals surface area contributed by atoms with E-state index in [0.29, 0.717) is 13.2 Å². The third kappa shape index (κ3) is 16.1. The molecule has 0 heterocycles. The zero-order valence-corrected chi connectivity index (χ0v) is 26.4. The maximum Gasteiger partial charge on any atom is 0.426 e. The van der Waals surface area contributed by atoms with Gasteiger partial charge in [-0.15, -0.1) is 0 Å². The van der Waals surface area contributed by atoms with Crippen LogP contribution < -0.4 is 31.2 Å². The van der Waals surface area contributed by atoms with E-state index in [0.717, 1.165) is 57.8 Å². The Hall–Kier alpha value is -3.50. The first-order valence-electron chi connectivity index (χ1n) is 15.3. The van der Waals surface area contributed by atoms with E-state index in [2.05, 4.69) is 35.6 Å². The van der Waals surface area contributed by atoms with Gasteiger partial charge < -0.3 is 14.2 Å². The van der Waals surface area contributed by atoms with Gasteiger partial charge in [-0.2, -0.15) is 0 Å². The number of hydrogen-bond acceptors (Lipinski definition) is 7. The molecule has 0 saturated carbocycles. The van der Waals surface area contributed by atoms with Gasteiger partial charge >= 0.3 is 6.09 Å². The molecule has 0 bridgehead atoms. The second kappa shape index (κ2) is 20.4. The Balaban J connectivity index is 3.18. The molecule has 1 aromatic rings. The van der Waals surface area contributed by atoms with E-state index < -0.39 is 29.4 Å². The van der Waals surface area contributed by atoms with Crippen molar-refractivity contribution < 1.29 is 33.4 Å². The number of hydrazine groups is 2. The number of rotatable bonds is 18. The fourth-order valence-electron chi connectivity index (χ4n) is 3.97. The summed E-state index contributed by atoms with van der Waals surface area (Å²) in [5.74, 6) is -1.41. The standard InChI is InChI=1S/C31H52N4O7/c1-7-9-11-13-15-17-19-40-26-22-27(41-20-18-16-14-12-10-8-2)25(21-24(26)28(37)33-32-23(3)36)29(38)34-35-30(39)42-31(4,5)6/h21-22H,7-20H2,1-6H3,(H,32,36)(H,33,37)(H,34,38)(H,35,39). The predicted octanol–water partition coefficient (Wildman–Crippen LogP) is 6.12. The van der Waals surface area contributed by atoms with Crippen LogP contribution in [0.5, 0.6) is 11.5 Å². The maximum absolute atomic E-state index is 13.2. The van der Waals surface area contributed by atoms with E-state index in [1.165, 1.54) is 38.3 Å². The van der Waals surface area contributed by atoms with Gasteiger partial charge in [0, 0.05) is 13.0 Å². The molecule has 42 heavy (non-hydrogen) atoms. The van der Waals surface area contributed by atoms with Gasteiger partial charge in [0.2, 0.25) is 5.91 Å². The molecule has 0 radical (unpaired) electrons. The molecule has 11 nitrogen and oxygen atoms in total. The summed E-state index contributed by atoms with van der Waals surface area (Å²) in [7, 11) is 0. The average molecular weight is 593 g/mol. The highest BCUT2D eigenvalue weighted by molar-refractivity contribution is 6.03. The average Bonchev–Trinajstić information content (AvgIpc) is 2.92. The highest BCUT2D eigenvalue weighted by Crippen LogP contribution is 2.30. The molecule has 1 rings (SSSR count). The Labute approximate surface area is 251 Å². The van der Waals surface area contributed by atoms with Crippen molar-refractivity contribution in [1.29, 1.82) is 0 Å². The summed E-state index contributed by atoms with van der Waals surface area (Å²) in [5, 5.41) is 0. The predicted molar refractivity (Wildman–Crippen MR) is 162 cm³/mol. The van der Waals surface area contributed by atoms with Crippen LogP contribution in [0.3, 0.4) is 0 Å². The van der Waals surface area contributed by atoms with Crippen LogP contribution in [-0.2, 0) is 9.53 Å². The van der Waals surface area contributed by atoms with Crippen molar-refractivity contribution >= 4 is 23.8 Å². The molecule has 0 fully saturated rings. The number of ether oxygens (including phenoxy) is 3. The number of benzene rings is 1. The van der Waals surface area contributed by atoms with E-state index >= 15 is 0 Å². The molecule has 0 aliphatic carbocycles. The Morgan fingerprint density at radius 2 is 1.05 bits per heavy atom. The highest BCUT2D eigenvalue weighted by Gasteiger charge is 2.23. The Kier molecular flexibility index (Phi) is 17.7. The Bertz CT molecular complexity index is 992. The number of hydrogen-bond donors (Lipinski definition) is 4. The van der Waals surface area contributed by atoms with Crippen molar-refractivity contribution in [3.8, 4) is 11.5 Å². The van der Waals surface area contributed by atoms with E-state index in [1.807, 2.05) is 0 Å². The zero-order chi connectivity index (χ0) is 31.4. The van der Waals surface area contributed by atoms with Crippen molar-refractivity contribution in [2.24, 2.45) is 0 Å². The molecule has 4 N–H and O–H groups in total. The van der Waals surface area contributed by atoms with E-state index in [1.54, 1.807) is 20.8 Å². The first kappa shape index (κ1) is 36.5. The molecule has 0 aliphatic heterocycles. The van der Waals surface area contributed by atoms with Gasteiger partial charge in [0.1, 0.15) is 17.1 Å². The van der Waals surface area contributed by atoms with Crippen LogP contribution in [-0.4, -0.2) is 42.6 Å². The van der Waals surface area contributed by atoms with Gasteiger partial charge in [-0.05, 0) is 39.7 Å². The second-order valence-electron chi connectivity index (χ2n) is 11.3. The van der Waals surface area contributed by atoms with Crippen molar-refractivity contribution in [2.45, 2.75) is 124 Å². The number of nitrogens with one attached hydrogen (secondary N) is 4. The highest BCUT2D eigenvalue weighted by atomic mass is 16.6. The normalized spacial score (nSPS) is 10.9. The van der Waals surface area contributed by atoms with Crippen LogP contribution >= 0.6 is 0 Å². The van der Waals surface area contributed by atoms with Crippen molar-refractivity contribution in [1.82, 2.24) is 21.7 Å². The summed E-state index contributed by atoms with van der Waals surface area (Å²) < 4.78 is 17.2. The van der Waals surface area contributed by atoms with Gasteiger partial charge in [-0.1, -0.05) is 78.1 Å². The van der Waals surface area contributed by atoms with Gasteiger partial charge in [0.05, 0.1) is 24.3 Å². The third-order valence-electron chi connectivity index (χ3n) is 6.11. The van der Waals surface area contributed by atoms with E-state index in [4.69, 9.17) is 14.2 Å². The Morgan fingerprint density at radius 1 is 0.619 bits per heavy atom. The van der Waals surface area contributed by atoms with Crippen molar-refractivity contribution in [2.75, 3.05) is 13.2 Å². The summed E-state index contributed by atoms with van der Waals surface area (Å²) in [4.78, 5) is 49.7. The van der Waals surface area contributed by atoms with Crippen LogP contribution in [0.2, 0.25) is 0 Å². The molecular weight excluding hydrogens is 540 g/mol. The lowest BCUT2D eigenvalue weighted by Crippen LogP contribution is -2.44.